The Balaban J connectivity index is 2.90. The first-order valence-corrected chi connectivity index (χ1v) is 5.59. The highest BCUT2D eigenvalue weighted by molar-refractivity contribution is 5.98. The Hall–Kier alpha value is -1.75. The smallest absolute Gasteiger partial charge is 0.257 e. The van der Waals surface area contributed by atoms with Crippen molar-refractivity contribution in [3.8, 4) is 5.75 Å². The highest BCUT2D eigenvalue weighted by Crippen LogP contribution is 2.25. The number of aliphatic hydroxyl groups is 1. The van der Waals surface area contributed by atoms with E-state index in [2.05, 4.69) is 0 Å². The fourth-order valence-electron chi connectivity index (χ4n) is 1.57. The van der Waals surface area contributed by atoms with E-state index in [-0.39, 0.29) is 29.5 Å². The van der Waals surface area contributed by atoms with Crippen molar-refractivity contribution in [3.05, 3.63) is 23.8 Å². The van der Waals surface area contributed by atoms with Gasteiger partial charge in [0.15, 0.2) is 5.75 Å². The third-order valence-corrected chi connectivity index (χ3v) is 2.55. The van der Waals surface area contributed by atoms with E-state index in [1.165, 1.54) is 12.1 Å². The molecule has 0 heterocycles. The van der Waals surface area contributed by atoms with Crippen LogP contribution < -0.4 is 5.73 Å². The summed E-state index contributed by atoms with van der Waals surface area (Å²) >= 11 is 0. The molecular formula is C12H18N2O3. The second kappa shape index (κ2) is 6.10. The minimum atomic E-state index is -0.272. The number of benzene rings is 1. The number of amides is 1. The van der Waals surface area contributed by atoms with Crippen LogP contribution in [0.2, 0.25) is 0 Å². The van der Waals surface area contributed by atoms with E-state index in [1.807, 2.05) is 6.92 Å². The van der Waals surface area contributed by atoms with Gasteiger partial charge < -0.3 is 20.8 Å². The molecule has 5 nitrogen and oxygen atoms in total. The van der Waals surface area contributed by atoms with Gasteiger partial charge in [-0.25, -0.2) is 0 Å². The van der Waals surface area contributed by atoms with E-state index < -0.39 is 0 Å². The van der Waals surface area contributed by atoms with Crippen LogP contribution in [0.25, 0.3) is 0 Å². The van der Waals surface area contributed by atoms with Crippen LogP contribution in [0.5, 0.6) is 5.75 Å². The number of phenolic OH excluding ortho intramolecular Hbond substituents is 1. The number of carbonyl (C=O) groups is 1. The highest BCUT2D eigenvalue weighted by atomic mass is 16.3. The van der Waals surface area contributed by atoms with Crippen molar-refractivity contribution in [2.24, 2.45) is 0 Å². The van der Waals surface area contributed by atoms with E-state index in [0.29, 0.717) is 19.5 Å². The van der Waals surface area contributed by atoms with Gasteiger partial charge in [-0.15, -0.1) is 0 Å². The fourth-order valence-corrected chi connectivity index (χ4v) is 1.57. The van der Waals surface area contributed by atoms with Crippen molar-refractivity contribution in [2.75, 3.05) is 25.4 Å². The van der Waals surface area contributed by atoms with Crippen molar-refractivity contribution in [3.63, 3.8) is 0 Å². The first kappa shape index (κ1) is 13.3. The molecule has 0 aliphatic rings. The summed E-state index contributed by atoms with van der Waals surface area (Å²) in [6.45, 7) is 2.86. The van der Waals surface area contributed by atoms with Crippen LogP contribution in [-0.2, 0) is 0 Å². The van der Waals surface area contributed by atoms with E-state index in [4.69, 9.17) is 10.8 Å². The summed E-state index contributed by atoms with van der Waals surface area (Å²) in [5.41, 5.74) is 5.93. The van der Waals surface area contributed by atoms with Gasteiger partial charge >= 0.3 is 0 Å². The Morgan fingerprint density at radius 3 is 2.76 bits per heavy atom. The molecule has 0 aliphatic carbocycles. The number of nitrogens with zero attached hydrogens (tertiary/aromatic N) is 1. The Morgan fingerprint density at radius 2 is 2.18 bits per heavy atom. The number of rotatable bonds is 5. The summed E-state index contributed by atoms with van der Waals surface area (Å²) in [7, 11) is 0. The summed E-state index contributed by atoms with van der Waals surface area (Å²) in [5.74, 6) is -0.453. The molecule has 17 heavy (non-hydrogen) atoms. The van der Waals surface area contributed by atoms with Gasteiger partial charge in [-0.3, -0.25) is 4.79 Å². The maximum Gasteiger partial charge on any atom is 0.257 e. The third kappa shape index (κ3) is 3.10. The minimum Gasteiger partial charge on any atom is -0.505 e. The number of aromatic hydroxyl groups is 1. The zero-order chi connectivity index (χ0) is 12.8. The molecule has 1 rings (SSSR count). The lowest BCUT2D eigenvalue weighted by Crippen LogP contribution is -2.32. The van der Waals surface area contributed by atoms with E-state index in [9.17, 15) is 9.90 Å². The van der Waals surface area contributed by atoms with Gasteiger partial charge in [-0.1, -0.05) is 6.07 Å². The standard InChI is InChI=1S/C12H18N2O3/c1-2-14(7-4-8-15)12(17)9-5-3-6-10(13)11(9)16/h3,5-6,15-16H,2,4,7-8,13H2,1H3. The zero-order valence-electron chi connectivity index (χ0n) is 9.89. The number of carbonyl (C=O) groups excluding carboxylic acids is 1. The number of para-hydroxylation sites is 1. The van der Waals surface area contributed by atoms with Gasteiger partial charge in [-0.2, -0.15) is 0 Å². The minimum absolute atomic E-state index is 0.0344. The summed E-state index contributed by atoms with van der Waals surface area (Å²) in [6, 6.07) is 4.70. The number of nitrogens with two attached hydrogens (primary N) is 1. The molecule has 0 bridgehead atoms. The molecule has 0 radical (unpaired) electrons. The maximum atomic E-state index is 12.1. The predicted octanol–water partition coefficient (Wildman–Crippen LogP) is 0.819. The number of hydrogen-bond acceptors (Lipinski definition) is 4. The summed E-state index contributed by atoms with van der Waals surface area (Å²) in [4.78, 5) is 13.6. The quantitative estimate of drug-likeness (QED) is 0.523. The zero-order valence-corrected chi connectivity index (χ0v) is 9.89. The average molecular weight is 238 g/mol. The molecule has 0 saturated heterocycles. The molecule has 4 N–H and O–H groups in total. The van der Waals surface area contributed by atoms with Gasteiger partial charge in [-0.05, 0) is 25.5 Å². The van der Waals surface area contributed by atoms with Crippen LogP contribution in [-0.4, -0.2) is 40.7 Å². The van der Waals surface area contributed by atoms with Crippen molar-refractivity contribution in [2.45, 2.75) is 13.3 Å². The number of hydrogen-bond donors (Lipinski definition) is 3. The lowest BCUT2D eigenvalue weighted by Gasteiger charge is -2.21. The van der Waals surface area contributed by atoms with Gasteiger partial charge in [0.05, 0.1) is 11.3 Å². The van der Waals surface area contributed by atoms with Crippen LogP contribution >= 0.6 is 0 Å². The normalized spacial score (nSPS) is 10.2. The van der Waals surface area contributed by atoms with Gasteiger partial charge in [0.1, 0.15) is 0 Å². The topological polar surface area (TPSA) is 86.8 Å². The van der Waals surface area contributed by atoms with Crippen molar-refractivity contribution >= 4 is 11.6 Å². The lowest BCUT2D eigenvalue weighted by atomic mass is 10.1. The summed E-state index contributed by atoms with van der Waals surface area (Å²) in [6.07, 6.45) is 0.517. The molecule has 0 spiro atoms. The second-order valence-corrected chi connectivity index (χ2v) is 3.71. The van der Waals surface area contributed by atoms with Crippen LogP contribution in [0.3, 0.4) is 0 Å². The first-order chi connectivity index (χ1) is 8.11. The molecule has 94 valence electrons. The molecule has 0 fully saturated rings. The molecule has 1 amide bonds. The molecule has 1 aromatic carbocycles. The molecule has 0 unspecified atom stereocenters. The predicted molar refractivity (Wildman–Crippen MR) is 65.8 cm³/mol. The molecule has 0 aliphatic heterocycles. The molecule has 0 aromatic heterocycles. The number of anilines is 1. The molecule has 1 aromatic rings. The monoisotopic (exact) mass is 238 g/mol. The van der Waals surface area contributed by atoms with Crippen molar-refractivity contribution < 1.29 is 15.0 Å². The third-order valence-electron chi connectivity index (χ3n) is 2.55. The fraction of sp³-hybridized carbons (Fsp3) is 0.417. The summed E-state index contributed by atoms with van der Waals surface area (Å²) in [5, 5.41) is 18.5. The molecule has 0 atom stereocenters. The van der Waals surface area contributed by atoms with E-state index >= 15 is 0 Å². The Kier molecular flexibility index (Phi) is 4.78. The van der Waals surface area contributed by atoms with Crippen molar-refractivity contribution in [1.82, 2.24) is 4.90 Å². The first-order valence-electron chi connectivity index (χ1n) is 5.59. The largest absolute Gasteiger partial charge is 0.505 e. The average Bonchev–Trinajstić information content (AvgIpc) is 2.33. The van der Waals surface area contributed by atoms with Crippen LogP contribution in [0.4, 0.5) is 5.69 Å². The van der Waals surface area contributed by atoms with E-state index in [1.54, 1.807) is 11.0 Å². The van der Waals surface area contributed by atoms with Crippen LogP contribution in [0.1, 0.15) is 23.7 Å². The Labute approximate surface area is 100 Å². The second-order valence-electron chi connectivity index (χ2n) is 3.71. The van der Waals surface area contributed by atoms with Gasteiger partial charge in [0.2, 0.25) is 0 Å². The number of nitrogen functional groups attached to an aromatic ring is 1. The number of aliphatic hydroxyl groups excluding tert-OH is 1. The van der Waals surface area contributed by atoms with E-state index in [0.717, 1.165) is 0 Å². The summed E-state index contributed by atoms with van der Waals surface area (Å²) < 4.78 is 0. The Bertz CT molecular complexity index is 393. The SMILES string of the molecule is CCN(CCCO)C(=O)c1cccc(N)c1O. The number of phenols is 1. The molecule has 5 heteroatoms. The maximum absolute atomic E-state index is 12.1. The Morgan fingerprint density at radius 1 is 1.47 bits per heavy atom. The highest BCUT2D eigenvalue weighted by Gasteiger charge is 2.18. The van der Waals surface area contributed by atoms with Gasteiger partial charge in [0, 0.05) is 19.7 Å². The molecule has 0 saturated carbocycles. The van der Waals surface area contributed by atoms with Crippen LogP contribution in [0, 0.1) is 0 Å². The lowest BCUT2D eigenvalue weighted by molar-refractivity contribution is 0.0751. The van der Waals surface area contributed by atoms with Crippen molar-refractivity contribution in [1.29, 1.82) is 0 Å². The van der Waals surface area contributed by atoms with Gasteiger partial charge in [0.25, 0.3) is 5.91 Å². The molecular weight excluding hydrogens is 220 g/mol. The van der Waals surface area contributed by atoms with Crippen LogP contribution in [0.15, 0.2) is 18.2 Å².